The van der Waals surface area contributed by atoms with E-state index in [0.29, 0.717) is 13.2 Å². The van der Waals surface area contributed by atoms with Crippen LogP contribution in [0.15, 0.2) is 24.3 Å². The Balaban J connectivity index is 2.02. The van der Waals surface area contributed by atoms with Crippen LogP contribution in [0, 0.1) is 11.8 Å². The summed E-state index contributed by atoms with van der Waals surface area (Å²) in [5.74, 6) is 6.18. The van der Waals surface area contributed by atoms with E-state index in [1.807, 2.05) is 24.3 Å². The molecule has 1 fully saturated rings. The summed E-state index contributed by atoms with van der Waals surface area (Å²) in [7, 11) is 0. The van der Waals surface area contributed by atoms with Gasteiger partial charge in [0.15, 0.2) is 6.29 Å². The molecule has 0 amide bonds. The third-order valence-corrected chi connectivity index (χ3v) is 2.65. The SMILES string of the molecule is BrCCC#Cc1ccc(C2OCCO2)cc1. The van der Waals surface area contributed by atoms with Crippen LogP contribution < -0.4 is 0 Å². The first-order chi connectivity index (χ1) is 7.90. The highest BCUT2D eigenvalue weighted by molar-refractivity contribution is 9.09. The Bertz CT molecular complexity index is 383. The van der Waals surface area contributed by atoms with Gasteiger partial charge in [-0.15, -0.1) is 0 Å². The molecule has 0 N–H and O–H groups in total. The second-order valence-electron chi connectivity index (χ2n) is 3.44. The summed E-state index contributed by atoms with van der Waals surface area (Å²) in [5, 5.41) is 0.918. The van der Waals surface area contributed by atoms with Crippen molar-refractivity contribution in [2.75, 3.05) is 18.5 Å². The first-order valence-electron chi connectivity index (χ1n) is 5.28. The zero-order chi connectivity index (χ0) is 11.2. The Morgan fingerprint density at radius 3 is 2.50 bits per heavy atom. The standard InChI is InChI=1S/C13H13BrO2/c14-8-2-1-3-11-4-6-12(7-5-11)13-15-9-10-16-13/h4-7,13H,2,8-10H2. The van der Waals surface area contributed by atoms with Crippen molar-refractivity contribution in [2.24, 2.45) is 0 Å². The van der Waals surface area contributed by atoms with E-state index in [2.05, 4.69) is 27.8 Å². The molecule has 1 aliphatic rings. The minimum absolute atomic E-state index is 0.190. The summed E-state index contributed by atoms with van der Waals surface area (Å²) in [6.07, 6.45) is 0.681. The maximum absolute atomic E-state index is 5.41. The zero-order valence-corrected chi connectivity index (χ0v) is 10.5. The zero-order valence-electron chi connectivity index (χ0n) is 8.91. The highest BCUT2D eigenvalue weighted by Crippen LogP contribution is 2.22. The van der Waals surface area contributed by atoms with Gasteiger partial charge >= 0.3 is 0 Å². The van der Waals surface area contributed by atoms with Gasteiger partial charge in [-0.05, 0) is 12.1 Å². The summed E-state index contributed by atoms with van der Waals surface area (Å²) < 4.78 is 10.8. The van der Waals surface area contributed by atoms with Gasteiger partial charge in [0.2, 0.25) is 0 Å². The van der Waals surface area contributed by atoms with Crippen LogP contribution in [-0.4, -0.2) is 18.5 Å². The van der Waals surface area contributed by atoms with E-state index < -0.39 is 0 Å². The topological polar surface area (TPSA) is 18.5 Å². The maximum atomic E-state index is 5.41. The molecule has 1 aromatic rings. The monoisotopic (exact) mass is 280 g/mol. The van der Waals surface area contributed by atoms with Crippen molar-refractivity contribution in [1.29, 1.82) is 0 Å². The molecule has 0 atom stereocenters. The Morgan fingerprint density at radius 2 is 1.88 bits per heavy atom. The molecule has 1 aromatic carbocycles. The number of alkyl halides is 1. The number of hydrogen-bond acceptors (Lipinski definition) is 2. The van der Waals surface area contributed by atoms with Crippen LogP contribution in [0.4, 0.5) is 0 Å². The van der Waals surface area contributed by atoms with Crippen LogP contribution in [0.5, 0.6) is 0 Å². The van der Waals surface area contributed by atoms with E-state index in [-0.39, 0.29) is 6.29 Å². The molecule has 16 heavy (non-hydrogen) atoms. The van der Waals surface area contributed by atoms with Crippen LogP contribution in [-0.2, 0) is 9.47 Å². The van der Waals surface area contributed by atoms with Crippen LogP contribution in [0.3, 0.4) is 0 Å². The number of rotatable bonds is 2. The van der Waals surface area contributed by atoms with Gasteiger partial charge in [0.05, 0.1) is 13.2 Å². The number of ether oxygens (including phenoxy) is 2. The molecule has 1 aliphatic heterocycles. The summed E-state index contributed by atoms with van der Waals surface area (Å²) in [5.41, 5.74) is 2.09. The summed E-state index contributed by atoms with van der Waals surface area (Å²) in [6, 6.07) is 8.02. The number of halogens is 1. The Labute approximate surface area is 104 Å². The average molecular weight is 281 g/mol. The quantitative estimate of drug-likeness (QED) is 0.613. The Kier molecular flexibility index (Phi) is 4.41. The fourth-order valence-corrected chi connectivity index (χ4v) is 1.68. The molecular weight excluding hydrogens is 268 g/mol. The summed E-state index contributed by atoms with van der Waals surface area (Å²) in [6.45, 7) is 1.36. The second kappa shape index (κ2) is 6.05. The average Bonchev–Trinajstić information content (AvgIpc) is 2.84. The maximum Gasteiger partial charge on any atom is 0.184 e. The first kappa shape index (κ1) is 11.7. The van der Waals surface area contributed by atoms with Gasteiger partial charge in [-0.2, -0.15) is 0 Å². The summed E-state index contributed by atoms with van der Waals surface area (Å²) in [4.78, 5) is 0. The highest BCUT2D eigenvalue weighted by atomic mass is 79.9. The molecule has 0 radical (unpaired) electrons. The molecule has 0 saturated carbocycles. The fraction of sp³-hybridized carbons (Fsp3) is 0.385. The first-order valence-corrected chi connectivity index (χ1v) is 6.40. The van der Waals surface area contributed by atoms with Crippen molar-refractivity contribution in [3.63, 3.8) is 0 Å². The fourth-order valence-electron chi connectivity index (χ4n) is 1.49. The van der Waals surface area contributed by atoms with E-state index >= 15 is 0 Å². The van der Waals surface area contributed by atoms with Gasteiger partial charge in [0.1, 0.15) is 0 Å². The van der Waals surface area contributed by atoms with Crippen LogP contribution >= 0.6 is 15.9 Å². The van der Waals surface area contributed by atoms with E-state index in [1.54, 1.807) is 0 Å². The highest BCUT2D eigenvalue weighted by Gasteiger charge is 2.17. The third kappa shape index (κ3) is 3.08. The van der Waals surface area contributed by atoms with E-state index in [1.165, 1.54) is 0 Å². The molecule has 0 aromatic heterocycles. The van der Waals surface area contributed by atoms with Gasteiger partial charge in [-0.25, -0.2) is 0 Å². The molecule has 0 spiro atoms. The lowest BCUT2D eigenvalue weighted by Crippen LogP contribution is -1.97. The lowest BCUT2D eigenvalue weighted by Gasteiger charge is -2.08. The molecule has 2 nitrogen and oxygen atoms in total. The van der Waals surface area contributed by atoms with E-state index in [4.69, 9.17) is 9.47 Å². The van der Waals surface area contributed by atoms with Crippen molar-refractivity contribution in [3.8, 4) is 11.8 Å². The Morgan fingerprint density at radius 1 is 1.19 bits per heavy atom. The van der Waals surface area contributed by atoms with E-state index in [9.17, 15) is 0 Å². The van der Waals surface area contributed by atoms with Crippen molar-refractivity contribution >= 4 is 15.9 Å². The summed E-state index contributed by atoms with van der Waals surface area (Å²) >= 11 is 3.34. The van der Waals surface area contributed by atoms with Gasteiger partial charge in [0, 0.05) is 22.9 Å². The molecule has 1 heterocycles. The molecule has 2 rings (SSSR count). The lowest BCUT2D eigenvalue weighted by molar-refractivity contribution is -0.0441. The molecule has 0 aliphatic carbocycles. The Hall–Kier alpha value is -0.820. The molecule has 3 heteroatoms. The molecule has 0 bridgehead atoms. The van der Waals surface area contributed by atoms with Crippen molar-refractivity contribution in [3.05, 3.63) is 35.4 Å². The third-order valence-electron chi connectivity index (χ3n) is 2.26. The minimum Gasteiger partial charge on any atom is -0.346 e. The normalized spacial score (nSPS) is 15.8. The molecule has 0 unspecified atom stereocenters. The van der Waals surface area contributed by atoms with Gasteiger partial charge < -0.3 is 9.47 Å². The van der Waals surface area contributed by atoms with Crippen LogP contribution in [0.1, 0.15) is 23.8 Å². The number of hydrogen-bond donors (Lipinski definition) is 0. The molecular formula is C13H13BrO2. The van der Waals surface area contributed by atoms with Gasteiger partial charge in [-0.1, -0.05) is 39.9 Å². The van der Waals surface area contributed by atoms with Crippen molar-refractivity contribution in [1.82, 2.24) is 0 Å². The predicted molar refractivity (Wildman–Crippen MR) is 66.4 cm³/mol. The number of benzene rings is 1. The van der Waals surface area contributed by atoms with Gasteiger partial charge in [0.25, 0.3) is 0 Å². The predicted octanol–water partition coefficient (Wildman–Crippen LogP) is 2.87. The molecule has 84 valence electrons. The van der Waals surface area contributed by atoms with E-state index in [0.717, 1.165) is 22.9 Å². The van der Waals surface area contributed by atoms with Crippen LogP contribution in [0.2, 0.25) is 0 Å². The minimum atomic E-state index is -0.190. The molecule has 1 saturated heterocycles. The smallest absolute Gasteiger partial charge is 0.184 e. The van der Waals surface area contributed by atoms with Crippen molar-refractivity contribution < 1.29 is 9.47 Å². The van der Waals surface area contributed by atoms with Crippen molar-refractivity contribution in [2.45, 2.75) is 12.7 Å². The lowest BCUT2D eigenvalue weighted by atomic mass is 10.1. The largest absolute Gasteiger partial charge is 0.346 e. The van der Waals surface area contributed by atoms with Gasteiger partial charge in [-0.3, -0.25) is 0 Å². The van der Waals surface area contributed by atoms with Crippen LogP contribution in [0.25, 0.3) is 0 Å². The second-order valence-corrected chi connectivity index (χ2v) is 4.23.